The van der Waals surface area contributed by atoms with E-state index in [1.54, 1.807) is 21.3 Å². The fraction of sp³-hybridized carbons (Fsp3) is 0.562. The number of amides is 1. The molecule has 39 heavy (non-hydrogen) atoms. The van der Waals surface area contributed by atoms with Gasteiger partial charge in [-0.15, -0.1) is 0 Å². The molecule has 1 aromatic rings. The fourth-order valence-electron chi connectivity index (χ4n) is 8.55. The predicted molar refractivity (Wildman–Crippen MR) is 149 cm³/mol. The predicted octanol–water partition coefficient (Wildman–Crippen LogP) is 5.33. The van der Waals surface area contributed by atoms with Crippen LogP contribution in [0.5, 0.6) is 17.2 Å². The molecular formula is C32H40N2O5. The number of carbonyl (C=O) groups excluding carboxylic acids is 1. The van der Waals surface area contributed by atoms with Crippen molar-refractivity contribution in [1.29, 1.82) is 5.26 Å². The van der Waals surface area contributed by atoms with Crippen molar-refractivity contribution < 1.29 is 24.1 Å². The van der Waals surface area contributed by atoms with Crippen LogP contribution in [0, 0.1) is 39.9 Å². The van der Waals surface area contributed by atoms with E-state index in [4.69, 9.17) is 19.9 Å². The SMILES string of the molecule is COc1cc(/C=C2\C[C@H]3[C@@H]4CC=C5C[C@@H](O)CC[C@]5(C)[C@H]4CC[C@]3(C)\C2=C(\C#N)C(N)=O)cc(OC)c1OC. The van der Waals surface area contributed by atoms with E-state index in [2.05, 4.69) is 32.1 Å². The molecule has 0 aromatic heterocycles. The van der Waals surface area contributed by atoms with Gasteiger partial charge in [-0.3, -0.25) is 4.79 Å². The number of aliphatic hydroxyl groups excluding tert-OH is 1. The van der Waals surface area contributed by atoms with Crippen LogP contribution in [0.3, 0.4) is 0 Å². The summed E-state index contributed by atoms with van der Waals surface area (Å²) >= 11 is 0. The van der Waals surface area contributed by atoms with Crippen LogP contribution in [0.25, 0.3) is 6.08 Å². The minimum atomic E-state index is -0.675. The van der Waals surface area contributed by atoms with Crippen LogP contribution >= 0.6 is 0 Å². The maximum Gasteiger partial charge on any atom is 0.259 e. The summed E-state index contributed by atoms with van der Waals surface area (Å²) in [5, 5.41) is 20.5. The summed E-state index contributed by atoms with van der Waals surface area (Å²) in [6.45, 7) is 4.62. The zero-order valence-corrected chi connectivity index (χ0v) is 23.7. The molecule has 3 saturated carbocycles. The number of nitrogens with zero attached hydrogens (tertiary/aromatic N) is 1. The zero-order valence-electron chi connectivity index (χ0n) is 23.7. The second kappa shape index (κ2) is 10.1. The molecule has 4 aliphatic carbocycles. The first-order valence-corrected chi connectivity index (χ1v) is 13.9. The quantitative estimate of drug-likeness (QED) is 0.301. The van der Waals surface area contributed by atoms with Crippen LogP contribution in [0.2, 0.25) is 0 Å². The Morgan fingerprint density at radius 1 is 1.05 bits per heavy atom. The lowest BCUT2D eigenvalue weighted by molar-refractivity contribution is -0.114. The number of hydrogen-bond acceptors (Lipinski definition) is 6. The van der Waals surface area contributed by atoms with Gasteiger partial charge in [-0.05, 0) is 102 Å². The maximum absolute atomic E-state index is 12.6. The van der Waals surface area contributed by atoms with Crippen molar-refractivity contribution in [2.24, 2.45) is 34.3 Å². The minimum Gasteiger partial charge on any atom is -0.493 e. The Labute approximate surface area is 231 Å². The number of rotatable bonds is 5. The molecule has 208 valence electrons. The lowest BCUT2D eigenvalue weighted by atomic mass is 9.47. The number of carbonyl (C=O) groups is 1. The molecule has 5 rings (SSSR count). The van der Waals surface area contributed by atoms with E-state index in [1.807, 2.05) is 12.1 Å². The molecule has 4 aliphatic rings. The maximum atomic E-state index is 12.6. The van der Waals surface area contributed by atoms with E-state index >= 15 is 0 Å². The van der Waals surface area contributed by atoms with E-state index in [0.717, 1.165) is 61.7 Å². The highest BCUT2D eigenvalue weighted by Gasteiger charge is 2.59. The third-order valence-corrected chi connectivity index (χ3v) is 10.4. The summed E-state index contributed by atoms with van der Waals surface area (Å²) in [5.74, 6) is 2.16. The van der Waals surface area contributed by atoms with Crippen LogP contribution in [0.15, 0.2) is 40.5 Å². The second-order valence-electron chi connectivity index (χ2n) is 12.2. The van der Waals surface area contributed by atoms with Crippen LogP contribution in [-0.4, -0.2) is 38.4 Å². The topological polar surface area (TPSA) is 115 Å². The van der Waals surface area contributed by atoms with Crippen molar-refractivity contribution in [3.8, 4) is 23.3 Å². The van der Waals surface area contributed by atoms with Gasteiger partial charge in [0, 0.05) is 0 Å². The van der Waals surface area contributed by atoms with Crippen LogP contribution in [0.4, 0.5) is 0 Å². The highest BCUT2D eigenvalue weighted by atomic mass is 16.5. The molecule has 0 spiro atoms. The van der Waals surface area contributed by atoms with Crippen molar-refractivity contribution in [3.63, 3.8) is 0 Å². The molecule has 0 radical (unpaired) electrons. The van der Waals surface area contributed by atoms with E-state index in [9.17, 15) is 15.2 Å². The Hall–Kier alpha value is -3.24. The third-order valence-electron chi connectivity index (χ3n) is 10.4. The van der Waals surface area contributed by atoms with Crippen molar-refractivity contribution in [2.45, 2.75) is 64.9 Å². The molecular weight excluding hydrogens is 492 g/mol. The molecule has 3 fully saturated rings. The Morgan fingerprint density at radius 3 is 2.31 bits per heavy atom. The standard InChI is InChI=1S/C32H40N2O5/c1-31-10-8-21(35)16-20(31)6-7-22-24(31)9-11-32(2)25(22)15-19(28(32)23(17-33)30(34)36)12-18-13-26(37-3)29(39-5)27(14-18)38-4/h6,12-14,21-22,24-25,35H,7-11,15-16H2,1-5H3,(H2,34,36)/b19-12+,28-23-/t21-,22+,24-,25-,31-,32-/m0/s1. The Bertz CT molecular complexity index is 1300. The first-order chi connectivity index (χ1) is 18.6. The number of allylic oxidation sites excluding steroid dienone is 3. The monoisotopic (exact) mass is 532 g/mol. The molecule has 1 amide bonds. The van der Waals surface area contributed by atoms with E-state index in [0.29, 0.717) is 29.1 Å². The molecule has 3 N–H and O–H groups in total. The van der Waals surface area contributed by atoms with Crippen LogP contribution < -0.4 is 19.9 Å². The lowest BCUT2D eigenvalue weighted by Gasteiger charge is -2.57. The number of benzene rings is 1. The van der Waals surface area contributed by atoms with Gasteiger partial charge in [0.1, 0.15) is 11.6 Å². The molecule has 7 heteroatoms. The molecule has 0 unspecified atom stereocenters. The number of methoxy groups -OCH3 is 3. The zero-order chi connectivity index (χ0) is 28.1. The second-order valence-corrected chi connectivity index (χ2v) is 12.2. The van der Waals surface area contributed by atoms with Crippen LogP contribution in [-0.2, 0) is 4.79 Å². The Kier molecular flexibility index (Phi) is 7.05. The minimum absolute atomic E-state index is 0.0659. The van der Waals surface area contributed by atoms with Gasteiger partial charge in [-0.2, -0.15) is 5.26 Å². The Balaban J connectivity index is 1.63. The number of nitrogens with two attached hydrogens (primary N) is 1. The molecule has 0 aliphatic heterocycles. The van der Waals surface area contributed by atoms with E-state index in [-0.39, 0.29) is 28.4 Å². The number of nitriles is 1. The van der Waals surface area contributed by atoms with Gasteiger partial charge in [0.2, 0.25) is 5.75 Å². The fourth-order valence-corrected chi connectivity index (χ4v) is 8.55. The molecule has 1 aromatic carbocycles. The van der Waals surface area contributed by atoms with Gasteiger partial charge in [0.05, 0.1) is 27.4 Å². The van der Waals surface area contributed by atoms with Gasteiger partial charge in [0.15, 0.2) is 11.5 Å². The highest BCUT2D eigenvalue weighted by molar-refractivity contribution is 5.98. The third kappa shape index (κ3) is 4.24. The van der Waals surface area contributed by atoms with Gasteiger partial charge in [-0.1, -0.05) is 31.6 Å². The van der Waals surface area contributed by atoms with Gasteiger partial charge in [-0.25, -0.2) is 0 Å². The summed E-state index contributed by atoms with van der Waals surface area (Å²) < 4.78 is 16.6. The van der Waals surface area contributed by atoms with Crippen molar-refractivity contribution in [1.82, 2.24) is 0 Å². The highest BCUT2D eigenvalue weighted by Crippen LogP contribution is 2.67. The first kappa shape index (κ1) is 27.3. The lowest BCUT2D eigenvalue weighted by Crippen LogP contribution is -2.49. The van der Waals surface area contributed by atoms with Gasteiger partial charge >= 0.3 is 0 Å². The largest absolute Gasteiger partial charge is 0.493 e. The smallest absolute Gasteiger partial charge is 0.259 e. The molecule has 6 atom stereocenters. The molecule has 0 heterocycles. The summed E-state index contributed by atoms with van der Waals surface area (Å²) in [5.41, 5.74) is 9.68. The average molecular weight is 533 g/mol. The number of fused-ring (bicyclic) bond motifs is 5. The van der Waals surface area contributed by atoms with Crippen LogP contribution in [0.1, 0.15) is 64.4 Å². The number of ether oxygens (including phenoxy) is 3. The number of aliphatic hydroxyl groups is 1. The Morgan fingerprint density at radius 2 is 1.72 bits per heavy atom. The van der Waals surface area contributed by atoms with Crippen molar-refractivity contribution in [3.05, 3.63) is 46.1 Å². The van der Waals surface area contributed by atoms with Crippen molar-refractivity contribution in [2.75, 3.05) is 21.3 Å². The van der Waals surface area contributed by atoms with E-state index < -0.39 is 5.91 Å². The summed E-state index contributed by atoms with van der Waals surface area (Å²) in [6, 6.07) is 5.94. The summed E-state index contributed by atoms with van der Waals surface area (Å²) in [7, 11) is 4.74. The normalized spacial score (nSPS) is 35.6. The molecule has 7 nitrogen and oxygen atoms in total. The molecule has 0 bridgehead atoms. The van der Waals surface area contributed by atoms with Gasteiger partial charge in [0.25, 0.3) is 5.91 Å². The summed E-state index contributed by atoms with van der Waals surface area (Å²) in [6.07, 6.45) is 10.5. The number of hydrogen-bond donors (Lipinski definition) is 2. The first-order valence-electron chi connectivity index (χ1n) is 13.9. The summed E-state index contributed by atoms with van der Waals surface area (Å²) in [4.78, 5) is 12.6. The average Bonchev–Trinajstić information content (AvgIpc) is 3.20. The molecule has 0 saturated heterocycles. The van der Waals surface area contributed by atoms with E-state index in [1.165, 1.54) is 5.57 Å². The number of primary amides is 1. The van der Waals surface area contributed by atoms with Crippen molar-refractivity contribution >= 4 is 12.0 Å². The van der Waals surface area contributed by atoms with Gasteiger partial charge < -0.3 is 25.1 Å².